The summed E-state index contributed by atoms with van der Waals surface area (Å²) in [5.74, 6) is 1.62. The Hall–Kier alpha value is -7.44. The fourth-order valence-corrected chi connectivity index (χ4v) is 9.41. The highest BCUT2D eigenvalue weighted by Crippen LogP contribution is 2.43. The molecule has 6 nitrogen and oxygen atoms in total. The van der Waals surface area contributed by atoms with Gasteiger partial charge in [0.25, 0.3) is 0 Å². The van der Waals surface area contributed by atoms with Gasteiger partial charge in [-0.1, -0.05) is 160 Å². The van der Waals surface area contributed by atoms with Crippen LogP contribution in [0, 0.1) is 0 Å². The molecule has 0 saturated carbocycles. The average molecular weight is 789 g/mol. The van der Waals surface area contributed by atoms with Crippen LogP contribution in [0.3, 0.4) is 0 Å². The molecule has 0 aliphatic heterocycles. The van der Waals surface area contributed by atoms with E-state index in [1.54, 1.807) is 12.1 Å². The molecule has 8 aromatic carbocycles. The maximum atomic E-state index is 7.19. The largest absolute Gasteiger partial charge is 0.454 e. The highest BCUT2D eigenvalue weighted by Gasteiger charge is 2.28. The fourth-order valence-electron chi connectivity index (χ4n) is 9.41. The van der Waals surface area contributed by atoms with Gasteiger partial charge in [-0.2, -0.15) is 0 Å². The van der Waals surface area contributed by atoms with Crippen LogP contribution in [0.5, 0.6) is 0 Å². The van der Waals surface area contributed by atoms with Gasteiger partial charge in [0.05, 0.1) is 16.7 Å². The molecule has 0 N–H and O–H groups in total. The Bertz CT molecular complexity index is 3810. The molecular weight excluding hydrogens is 763 g/mol. The molecule has 12 rings (SSSR count). The normalized spacial score (nSPS) is 11.9. The van der Waals surface area contributed by atoms with Crippen LogP contribution in [0.15, 0.2) is 156 Å². The first kappa shape index (κ1) is 37.3. The van der Waals surface area contributed by atoms with Crippen molar-refractivity contribution in [2.75, 3.05) is 0 Å². The zero-order valence-electron chi connectivity index (χ0n) is 33.5. The number of furan rings is 1. The van der Waals surface area contributed by atoms with Gasteiger partial charge in [0.15, 0.2) is 23.1 Å². The van der Waals surface area contributed by atoms with E-state index in [9.17, 15) is 0 Å². The third kappa shape index (κ3) is 5.57. The minimum absolute atomic E-state index is 0.372. The van der Waals surface area contributed by atoms with Crippen molar-refractivity contribution in [1.29, 1.82) is 0 Å². The second kappa shape index (κ2) is 14.0. The molecular formula is C51H25B6N5O. The second-order valence-corrected chi connectivity index (χ2v) is 15.8. The molecule has 12 aromatic rings. The van der Waals surface area contributed by atoms with Gasteiger partial charge in [-0.25, -0.2) is 15.0 Å². The number of nitrogens with zero attached hydrogens (tertiary/aromatic N) is 5. The lowest BCUT2D eigenvalue weighted by Crippen LogP contribution is -2.27. The molecule has 12 heteroatoms. The van der Waals surface area contributed by atoms with E-state index in [1.807, 2.05) is 140 Å². The highest BCUT2D eigenvalue weighted by molar-refractivity contribution is 6.61. The Morgan fingerprint density at radius 2 is 0.921 bits per heavy atom. The summed E-state index contributed by atoms with van der Waals surface area (Å²) in [4.78, 5) is 15.1. The number of rotatable bonds is 5. The summed E-state index contributed by atoms with van der Waals surface area (Å²) in [6.07, 6.45) is 0. The van der Waals surface area contributed by atoms with E-state index in [1.165, 1.54) is 0 Å². The molecule has 0 unspecified atom stereocenters. The van der Waals surface area contributed by atoms with E-state index in [-0.39, 0.29) is 0 Å². The Labute approximate surface area is 369 Å². The highest BCUT2D eigenvalue weighted by atomic mass is 16.3. The van der Waals surface area contributed by atoms with Crippen molar-refractivity contribution in [3.8, 4) is 45.5 Å². The summed E-state index contributed by atoms with van der Waals surface area (Å²) in [7, 11) is 41.3. The van der Waals surface area contributed by atoms with Crippen LogP contribution in [0.25, 0.3) is 111 Å². The van der Waals surface area contributed by atoms with Crippen LogP contribution in [0.1, 0.15) is 0 Å². The molecule has 0 bridgehead atoms. The molecule has 0 saturated heterocycles. The first-order chi connectivity index (χ1) is 30.7. The number of para-hydroxylation sites is 2. The van der Waals surface area contributed by atoms with Crippen LogP contribution in [-0.4, -0.2) is 71.2 Å². The molecule has 4 heterocycles. The van der Waals surface area contributed by atoms with E-state index in [2.05, 4.69) is 9.13 Å². The Morgan fingerprint density at radius 1 is 0.413 bits per heavy atom. The third-order valence-corrected chi connectivity index (χ3v) is 12.0. The molecule has 12 radical (unpaired) electrons. The van der Waals surface area contributed by atoms with Gasteiger partial charge in [-0.3, -0.25) is 0 Å². The van der Waals surface area contributed by atoms with Crippen molar-refractivity contribution < 1.29 is 4.42 Å². The summed E-state index contributed by atoms with van der Waals surface area (Å²) in [5.41, 5.74) is 10.9. The maximum Gasteiger partial charge on any atom is 0.164 e. The number of hydrogen-bond donors (Lipinski definition) is 0. The summed E-state index contributed by atoms with van der Waals surface area (Å²) in [6, 6.07) is 49.1. The predicted molar refractivity (Wildman–Crippen MR) is 264 cm³/mol. The van der Waals surface area contributed by atoms with E-state index < -0.39 is 0 Å². The Kier molecular flexibility index (Phi) is 8.32. The molecule has 4 aromatic heterocycles. The number of aromatic nitrogens is 5. The van der Waals surface area contributed by atoms with Gasteiger partial charge in [0, 0.05) is 65.7 Å². The molecule has 63 heavy (non-hydrogen) atoms. The molecule has 0 aliphatic rings. The van der Waals surface area contributed by atoms with Crippen LogP contribution in [-0.2, 0) is 0 Å². The van der Waals surface area contributed by atoms with E-state index in [0.29, 0.717) is 83.4 Å². The van der Waals surface area contributed by atoms with Crippen molar-refractivity contribution in [2.45, 2.75) is 0 Å². The molecule has 0 aliphatic carbocycles. The van der Waals surface area contributed by atoms with E-state index in [4.69, 9.17) is 66.4 Å². The number of hydrogen-bond acceptors (Lipinski definition) is 4. The lowest BCUT2D eigenvalue weighted by atomic mass is 9.74. The minimum atomic E-state index is 0.372. The Morgan fingerprint density at radius 3 is 1.51 bits per heavy atom. The monoisotopic (exact) mass is 789 g/mol. The van der Waals surface area contributed by atoms with Crippen molar-refractivity contribution in [1.82, 2.24) is 24.1 Å². The van der Waals surface area contributed by atoms with Crippen molar-refractivity contribution in [3.63, 3.8) is 0 Å². The zero-order valence-corrected chi connectivity index (χ0v) is 33.5. The smallest absolute Gasteiger partial charge is 0.164 e. The minimum Gasteiger partial charge on any atom is -0.454 e. The predicted octanol–water partition coefficient (Wildman–Crippen LogP) is 5.73. The zero-order chi connectivity index (χ0) is 42.7. The first-order valence-corrected chi connectivity index (χ1v) is 20.4. The molecule has 278 valence electrons. The van der Waals surface area contributed by atoms with E-state index in [0.717, 1.165) is 60.5 Å². The standard InChI is InChI=1S/C51H25B6N5O/c52-28-22-33-40-42(56)43(57)41-34-23-29(53)25-36(55)45(34)62(47(41)46(40)61(44(33)35(54)24-28)30-16-8-3-9-17-30)37-20-10-18-31-39-32(19-11-21-38(39)63-48(31)37)51-59-49(26-12-4-1-5-13-26)58-50(60-51)27-14-6-2-7-15-27/h1-25H. The quantitative estimate of drug-likeness (QED) is 0.209. The molecule has 0 fully saturated rings. The van der Waals surface area contributed by atoms with Gasteiger partial charge in [0.1, 0.15) is 52.7 Å². The van der Waals surface area contributed by atoms with Gasteiger partial charge < -0.3 is 13.6 Å². The van der Waals surface area contributed by atoms with Gasteiger partial charge in [-0.05, 0) is 24.3 Å². The molecule has 0 amide bonds. The number of benzene rings is 8. The molecule has 0 atom stereocenters. The van der Waals surface area contributed by atoms with E-state index >= 15 is 0 Å². The van der Waals surface area contributed by atoms with Crippen molar-refractivity contribution >= 4 is 145 Å². The molecule has 0 spiro atoms. The second-order valence-electron chi connectivity index (χ2n) is 15.8. The lowest BCUT2D eigenvalue weighted by molar-refractivity contribution is 0.666. The van der Waals surface area contributed by atoms with Gasteiger partial charge in [-0.15, -0.1) is 0 Å². The number of fused-ring (bicyclic) bond motifs is 10. The average Bonchev–Trinajstić information content (AvgIpc) is 3.97. The maximum absolute atomic E-state index is 7.19. The van der Waals surface area contributed by atoms with Crippen LogP contribution < -0.4 is 32.8 Å². The third-order valence-electron chi connectivity index (χ3n) is 12.0. The van der Waals surface area contributed by atoms with Gasteiger partial charge >= 0.3 is 0 Å². The van der Waals surface area contributed by atoms with Crippen molar-refractivity contribution in [2.24, 2.45) is 0 Å². The summed E-state index contributed by atoms with van der Waals surface area (Å²) < 4.78 is 11.2. The van der Waals surface area contributed by atoms with Crippen molar-refractivity contribution in [3.05, 3.63) is 152 Å². The van der Waals surface area contributed by atoms with Crippen LogP contribution >= 0.6 is 0 Å². The topological polar surface area (TPSA) is 61.7 Å². The van der Waals surface area contributed by atoms with Crippen LogP contribution in [0.4, 0.5) is 0 Å². The summed E-state index contributed by atoms with van der Waals surface area (Å²) in [6.45, 7) is 0. The van der Waals surface area contributed by atoms with Gasteiger partial charge in [0.2, 0.25) is 0 Å². The lowest BCUT2D eigenvalue weighted by Gasteiger charge is -2.16. The summed E-state index contributed by atoms with van der Waals surface area (Å²) in [5, 5.41) is 4.55. The fraction of sp³-hybridized carbons (Fsp3) is 0. The van der Waals surface area contributed by atoms with Crippen LogP contribution in [0.2, 0.25) is 0 Å². The Balaban J connectivity index is 1.23. The summed E-state index contributed by atoms with van der Waals surface area (Å²) >= 11 is 0. The first-order valence-electron chi connectivity index (χ1n) is 20.4. The SMILES string of the molecule is [B]c1cc([B])c2c(c1)c1c([B])c([B])c3c4cc([B])cc([B])c4n(-c4cccc5c4oc4cccc(-c6nc(-c7ccccc7)nc(-c7ccccc7)n6)c45)c3c1n2-c1ccccc1.